The molecule has 1 aliphatic rings. The normalized spacial score (nSPS) is 18.8. The largest absolute Gasteiger partial charge is 0.372 e. The summed E-state index contributed by atoms with van der Waals surface area (Å²) in [5.41, 5.74) is 1.25. The molecular formula is C20H33N3O. The summed E-state index contributed by atoms with van der Waals surface area (Å²) in [4.78, 5) is 14.5. The number of hydrogen-bond donors (Lipinski definition) is 2. The van der Waals surface area contributed by atoms with E-state index in [2.05, 4.69) is 53.6 Å². The third-order valence-electron chi connectivity index (χ3n) is 5.08. The SMILES string of the molecule is CCN(CCCNC(=O)CC(C)C1CCCNC1)c1ccccc1. The number of piperidine rings is 1. The molecule has 4 nitrogen and oxygen atoms in total. The van der Waals surface area contributed by atoms with Crippen molar-refractivity contribution in [1.29, 1.82) is 0 Å². The Balaban J connectivity index is 1.63. The molecule has 1 aromatic rings. The summed E-state index contributed by atoms with van der Waals surface area (Å²) >= 11 is 0. The average Bonchev–Trinajstić information content (AvgIpc) is 2.63. The van der Waals surface area contributed by atoms with Gasteiger partial charge < -0.3 is 15.5 Å². The quantitative estimate of drug-likeness (QED) is 0.684. The van der Waals surface area contributed by atoms with Crippen LogP contribution < -0.4 is 15.5 Å². The molecule has 0 saturated carbocycles. The number of para-hydroxylation sites is 1. The number of hydrogen-bond acceptors (Lipinski definition) is 3. The van der Waals surface area contributed by atoms with E-state index < -0.39 is 0 Å². The minimum absolute atomic E-state index is 0.204. The first-order chi connectivity index (χ1) is 11.7. The molecule has 1 saturated heterocycles. The van der Waals surface area contributed by atoms with E-state index in [0.29, 0.717) is 18.3 Å². The van der Waals surface area contributed by atoms with Crippen LogP contribution in [0, 0.1) is 11.8 Å². The van der Waals surface area contributed by atoms with Gasteiger partial charge in [0.2, 0.25) is 5.91 Å². The van der Waals surface area contributed by atoms with Crippen molar-refractivity contribution in [2.24, 2.45) is 11.8 Å². The van der Waals surface area contributed by atoms with Gasteiger partial charge in [0.05, 0.1) is 0 Å². The van der Waals surface area contributed by atoms with Gasteiger partial charge in [0.15, 0.2) is 0 Å². The molecule has 1 heterocycles. The van der Waals surface area contributed by atoms with Crippen LogP contribution in [-0.4, -0.2) is 38.6 Å². The standard InChI is InChI=1S/C20H33N3O/c1-3-23(19-10-5-4-6-11-19)14-8-13-22-20(24)15-17(2)18-9-7-12-21-16-18/h4-6,10-11,17-18,21H,3,7-9,12-16H2,1-2H3,(H,22,24). The first-order valence-corrected chi connectivity index (χ1v) is 9.48. The Morgan fingerprint density at radius 1 is 1.38 bits per heavy atom. The summed E-state index contributed by atoms with van der Waals surface area (Å²) in [6, 6.07) is 10.5. The first kappa shape index (κ1) is 18.8. The van der Waals surface area contributed by atoms with Gasteiger partial charge in [-0.3, -0.25) is 4.79 Å². The highest BCUT2D eigenvalue weighted by Gasteiger charge is 2.21. The molecule has 2 N–H and O–H groups in total. The minimum Gasteiger partial charge on any atom is -0.372 e. The van der Waals surface area contributed by atoms with Crippen LogP contribution in [0.1, 0.15) is 39.5 Å². The van der Waals surface area contributed by atoms with Gasteiger partial charge in [-0.05, 0) is 63.2 Å². The molecule has 1 aromatic carbocycles. The van der Waals surface area contributed by atoms with Gasteiger partial charge in [-0.2, -0.15) is 0 Å². The summed E-state index contributed by atoms with van der Waals surface area (Å²) in [5, 5.41) is 6.54. The molecule has 0 aliphatic carbocycles. The average molecular weight is 332 g/mol. The molecule has 1 aliphatic heterocycles. The van der Waals surface area contributed by atoms with Crippen molar-refractivity contribution >= 4 is 11.6 Å². The Labute approximate surface area is 147 Å². The molecule has 134 valence electrons. The topological polar surface area (TPSA) is 44.4 Å². The molecule has 0 aromatic heterocycles. The summed E-state index contributed by atoms with van der Waals surface area (Å²) in [6.45, 7) is 9.31. The van der Waals surface area contributed by atoms with E-state index in [4.69, 9.17) is 0 Å². The van der Waals surface area contributed by atoms with E-state index in [9.17, 15) is 4.79 Å². The maximum absolute atomic E-state index is 12.1. The fraction of sp³-hybridized carbons (Fsp3) is 0.650. The van der Waals surface area contributed by atoms with E-state index in [1.54, 1.807) is 0 Å². The van der Waals surface area contributed by atoms with Crippen molar-refractivity contribution in [2.45, 2.75) is 39.5 Å². The van der Waals surface area contributed by atoms with Gasteiger partial charge >= 0.3 is 0 Å². The smallest absolute Gasteiger partial charge is 0.220 e. The lowest BCUT2D eigenvalue weighted by Gasteiger charge is -2.28. The lowest BCUT2D eigenvalue weighted by molar-refractivity contribution is -0.122. The number of carbonyl (C=O) groups is 1. The van der Waals surface area contributed by atoms with E-state index >= 15 is 0 Å². The minimum atomic E-state index is 0.204. The number of nitrogens with one attached hydrogen (secondary N) is 2. The molecule has 2 unspecified atom stereocenters. The van der Waals surface area contributed by atoms with Gasteiger partial charge in [-0.1, -0.05) is 25.1 Å². The number of rotatable bonds is 9. The van der Waals surface area contributed by atoms with Crippen molar-refractivity contribution in [3.63, 3.8) is 0 Å². The van der Waals surface area contributed by atoms with Crippen molar-refractivity contribution in [2.75, 3.05) is 37.6 Å². The van der Waals surface area contributed by atoms with Crippen LogP contribution in [0.25, 0.3) is 0 Å². The van der Waals surface area contributed by atoms with Gasteiger partial charge in [-0.25, -0.2) is 0 Å². The second-order valence-corrected chi connectivity index (χ2v) is 6.91. The lowest BCUT2D eigenvalue weighted by Crippen LogP contribution is -2.36. The third kappa shape index (κ3) is 6.16. The summed E-state index contributed by atoms with van der Waals surface area (Å²) < 4.78 is 0. The zero-order valence-electron chi connectivity index (χ0n) is 15.3. The molecule has 0 spiro atoms. The van der Waals surface area contributed by atoms with Crippen molar-refractivity contribution in [1.82, 2.24) is 10.6 Å². The molecule has 1 fully saturated rings. The maximum atomic E-state index is 12.1. The van der Waals surface area contributed by atoms with Gasteiger partial charge in [0.25, 0.3) is 0 Å². The van der Waals surface area contributed by atoms with Crippen LogP contribution in [0.2, 0.25) is 0 Å². The first-order valence-electron chi connectivity index (χ1n) is 9.48. The fourth-order valence-electron chi connectivity index (χ4n) is 3.50. The van der Waals surface area contributed by atoms with Crippen molar-refractivity contribution in [3.05, 3.63) is 30.3 Å². The highest BCUT2D eigenvalue weighted by Crippen LogP contribution is 2.22. The van der Waals surface area contributed by atoms with Crippen LogP contribution in [0.5, 0.6) is 0 Å². The van der Waals surface area contributed by atoms with Crippen LogP contribution in [0.15, 0.2) is 30.3 Å². The number of nitrogens with zero attached hydrogens (tertiary/aromatic N) is 1. The second kappa shape index (κ2) is 10.3. The molecule has 0 bridgehead atoms. The summed E-state index contributed by atoms with van der Waals surface area (Å²) in [5.74, 6) is 1.32. The maximum Gasteiger partial charge on any atom is 0.220 e. The third-order valence-corrected chi connectivity index (χ3v) is 5.08. The fourth-order valence-corrected chi connectivity index (χ4v) is 3.50. The van der Waals surface area contributed by atoms with E-state index in [0.717, 1.165) is 39.1 Å². The summed E-state index contributed by atoms with van der Waals surface area (Å²) in [6.07, 6.45) is 4.13. The number of benzene rings is 1. The highest BCUT2D eigenvalue weighted by molar-refractivity contribution is 5.76. The molecule has 0 radical (unpaired) electrons. The monoisotopic (exact) mass is 331 g/mol. The van der Waals surface area contributed by atoms with Crippen LogP contribution >= 0.6 is 0 Å². The molecular weight excluding hydrogens is 298 g/mol. The predicted molar refractivity (Wildman–Crippen MR) is 101 cm³/mol. The number of amides is 1. The summed E-state index contributed by atoms with van der Waals surface area (Å²) in [7, 11) is 0. The Kier molecular flexibility index (Phi) is 8.10. The molecule has 4 heteroatoms. The zero-order chi connectivity index (χ0) is 17.2. The molecule has 24 heavy (non-hydrogen) atoms. The Hall–Kier alpha value is -1.55. The Morgan fingerprint density at radius 3 is 2.83 bits per heavy atom. The molecule has 1 amide bonds. The predicted octanol–water partition coefficient (Wildman–Crippen LogP) is 3.05. The van der Waals surface area contributed by atoms with Crippen molar-refractivity contribution < 1.29 is 4.79 Å². The van der Waals surface area contributed by atoms with Crippen LogP contribution in [-0.2, 0) is 4.79 Å². The van der Waals surface area contributed by atoms with Crippen molar-refractivity contribution in [3.8, 4) is 0 Å². The van der Waals surface area contributed by atoms with E-state index in [1.165, 1.54) is 18.5 Å². The lowest BCUT2D eigenvalue weighted by atomic mass is 9.85. The Bertz CT molecular complexity index is 471. The number of carbonyl (C=O) groups excluding carboxylic acids is 1. The van der Waals surface area contributed by atoms with Crippen LogP contribution in [0.4, 0.5) is 5.69 Å². The van der Waals surface area contributed by atoms with Gasteiger partial charge in [-0.15, -0.1) is 0 Å². The van der Waals surface area contributed by atoms with E-state index in [-0.39, 0.29) is 5.91 Å². The molecule has 2 atom stereocenters. The number of anilines is 1. The molecule has 2 rings (SSSR count). The zero-order valence-corrected chi connectivity index (χ0v) is 15.3. The second-order valence-electron chi connectivity index (χ2n) is 6.91. The van der Waals surface area contributed by atoms with Gasteiger partial charge in [0, 0.05) is 31.7 Å². The Morgan fingerprint density at radius 2 is 2.17 bits per heavy atom. The highest BCUT2D eigenvalue weighted by atomic mass is 16.1. The van der Waals surface area contributed by atoms with E-state index in [1.807, 2.05) is 6.07 Å². The van der Waals surface area contributed by atoms with Crippen LogP contribution in [0.3, 0.4) is 0 Å². The van der Waals surface area contributed by atoms with Gasteiger partial charge in [0.1, 0.15) is 0 Å².